The lowest BCUT2D eigenvalue weighted by atomic mass is 10.1. The molecule has 1 amide bonds. The van der Waals surface area contributed by atoms with E-state index in [1.165, 1.54) is 25.3 Å². The van der Waals surface area contributed by atoms with Crippen LogP contribution in [0.25, 0.3) is 6.08 Å². The molecule has 0 aromatic heterocycles. The highest BCUT2D eigenvalue weighted by molar-refractivity contribution is 6.09. The third kappa shape index (κ3) is 7.49. The summed E-state index contributed by atoms with van der Waals surface area (Å²) in [5, 5.41) is 21.4. The van der Waals surface area contributed by atoms with E-state index < -0.39 is 11.9 Å². The van der Waals surface area contributed by atoms with E-state index in [4.69, 9.17) is 19.3 Å². The van der Waals surface area contributed by atoms with Crippen molar-refractivity contribution >= 4 is 23.6 Å². The van der Waals surface area contributed by atoms with Crippen molar-refractivity contribution in [1.82, 2.24) is 0 Å². The highest BCUT2D eigenvalue weighted by Gasteiger charge is 2.12. The zero-order valence-electron chi connectivity index (χ0n) is 21.7. The number of carboxylic acid groups (broad SMARTS) is 1. The fourth-order valence-corrected chi connectivity index (χ4v) is 3.69. The summed E-state index contributed by atoms with van der Waals surface area (Å²) in [5.74, 6) is -0.0152. The molecule has 0 unspecified atom stereocenters. The first kappa shape index (κ1) is 27.5. The molecular formula is C32H26N2O6. The van der Waals surface area contributed by atoms with E-state index in [0.29, 0.717) is 35.1 Å². The van der Waals surface area contributed by atoms with Crippen molar-refractivity contribution < 1.29 is 28.9 Å². The molecule has 0 radical (unpaired) electrons. The van der Waals surface area contributed by atoms with Crippen LogP contribution in [0.3, 0.4) is 0 Å². The Hall–Kier alpha value is -5.55. The van der Waals surface area contributed by atoms with E-state index in [1.807, 2.05) is 36.4 Å². The van der Waals surface area contributed by atoms with Crippen LogP contribution in [0, 0.1) is 11.3 Å². The van der Waals surface area contributed by atoms with Gasteiger partial charge in [-0.1, -0.05) is 48.5 Å². The van der Waals surface area contributed by atoms with Crippen LogP contribution in [-0.4, -0.2) is 24.1 Å². The van der Waals surface area contributed by atoms with Crippen LogP contribution in [0.2, 0.25) is 0 Å². The molecule has 200 valence electrons. The number of methoxy groups -OCH3 is 1. The largest absolute Gasteiger partial charge is 0.493 e. The topological polar surface area (TPSA) is 118 Å². The number of carboxylic acids is 1. The zero-order valence-corrected chi connectivity index (χ0v) is 21.7. The summed E-state index contributed by atoms with van der Waals surface area (Å²) < 4.78 is 17.0. The van der Waals surface area contributed by atoms with Gasteiger partial charge in [0.05, 0.1) is 12.7 Å². The second kappa shape index (κ2) is 13.3. The van der Waals surface area contributed by atoms with E-state index in [0.717, 1.165) is 11.1 Å². The summed E-state index contributed by atoms with van der Waals surface area (Å²) >= 11 is 0. The first-order valence-electron chi connectivity index (χ1n) is 12.3. The van der Waals surface area contributed by atoms with Gasteiger partial charge in [0.2, 0.25) is 0 Å². The number of carbonyl (C=O) groups excluding carboxylic acids is 1. The zero-order chi connectivity index (χ0) is 28.3. The van der Waals surface area contributed by atoms with E-state index >= 15 is 0 Å². The fraction of sp³-hybridized carbons (Fsp3) is 0.0938. The van der Waals surface area contributed by atoms with Crippen LogP contribution >= 0.6 is 0 Å². The average molecular weight is 535 g/mol. The molecule has 4 rings (SSSR count). The molecule has 0 saturated carbocycles. The summed E-state index contributed by atoms with van der Waals surface area (Å²) in [5.41, 5.74) is 3.04. The van der Waals surface area contributed by atoms with E-state index in [1.54, 1.807) is 54.6 Å². The molecule has 4 aromatic carbocycles. The van der Waals surface area contributed by atoms with E-state index in [-0.39, 0.29) is 17.7 Å². The van der Waals surface area contributed by atoms with Crippen LogP contribution in [0.15, 0.2) is 103 Å². The maximum Gasteiger partial charge on any atom is 0.335 e. The highest BCUT2D eigenvalue weighted by Crippen LogP contribution is 2.30. The number of aromatic carboxylic acids is 1. The SMILES string of the molecule is COc1cc(/C=C(\C#N)C(=O)Nc2ccc(OCc3ccccc3)cc2)ccc1OCc1ccc(C(=O)O)cc1. The van der Waals surface area contributed by atoms with E-state index in [2.05, 4.69) is 5.32 Å². The Balaban J connectivity index is 1.37. The van der Waals surface area contributed by atoms with Crippen molar-refractivity contribution in [3.05, 3.63) is 125 Å². The van der Waals surface area contributed by atoms with Crippen molar-refractivity contribution in [3.8, 4) is 23.3 Å². The molecule has 0 atom stereocenters. The summed E-state index contributed by atoms with van der Waals surface area (Å²) in [6.07, 6.45) is 1.46. The summed E-state index contributed by atoms with van der Waals surface area (Å²) in [6, 6.07) is 30.1. The van der Waals surface area contributed by atoms with Gasteiger partial charge < -0.3 is 24.6 Å². The van der Waals surface area contributed by atoms with Crippen molar-refractivity contribution in [2.24, 2.45) is 0 Å². The van der Waals surface area contributed by atoms with Crippen LogP contribution in [0.4, 0.5) is 5.69 Å². The molecule has 0 bridgehead atoms. The van der Waals surface area contributed by atoms with Gasteiger partial charge in [-0.25, -0.2) is 4.79 Å². The molecule has 0 fully saturated rings. The Morgan fingerprint density at radius 1 is 0.850 bits per heavy atom. The maximum atomic E-state index is 12.8. The fourth-order valence-electron chi connectivity index (χ4n) is 3.69. The Labute approximate surface area is 231 Å². The number of rotatable bonds is 11. The molecule has 4 aromatic rings. The van der Waals surface area contributed by atoms with Gasteiger partial charge in [0.25, 0.3) is 5.91 Å². The molecule has 2 N–H and O–H groups in total. The van der Waals surface area contributed by atoms with Gasteiger partial charge in [-0.2, -0.15) is 5.26 Å². The van der Waals surface area contributed by atoms with Gasteiger partial charge in [-0.05, 0) is 71.3 Å². The summed E-state index contributed by atoms with van der Waals surface area (Å²) in [4.78, 5) is 23.8. The van der Waals surface area contributed by atoms with Gasteiger partial charge >= 0.3 is 5.97 Å². The minimum atomic E-state index is -0.995. The molecule has 0 aliphatic carbocycles. The molecule has 8 heteroatoms. The van der Waals surface area contributed by atoms with Gasteiger partial charge in [0.15, 0.2) is 11.5 Å². The molecule has 40 heavy (non-hydrogen) atoms. The molecule has 0 saturated heterocycles. The van der Waals surface area contributed by atoms with Crippen LogP contribution in [0.5, 0.6) is 17.2 Å². The molecule has 0 aliphatic heterocycles. The predicted octanol–water partition coefficient (Wildman–Crippen LogP) is 6.10. The number of amides is 1. The molecule has 8 nitrogen and oxygen atoms in total. The Kier molecular flexibility index (Phi) is 9.14. The number of hydrogen-bond donors (Lipinski definition) is 2. The number of nitrogens with one attached hydrogen (secondary N) is 1. The van der Waals surface area contributed by atoms with E-state index in [9.17, 15) is 14.9 Å². The lowest BCUT2D eigenvalue weighted by Crippen LogP contribution is -2.13. The monoisotopic (exact) mass is 534 g/mol. The number of hydrogen-bond acceptors (Lipinski definition) is 6. The minimum Gasteiger partial charge on any atom is -0.493 e. The number of anilines is 1. The number of nitriles is 1. The van der Waals surface area contributed by atoms with Gasteiger partial charge in [-0.3, -0.25) is 4.79 Å². The molecular weight excluding hydrogens is 508 g/mol. The Bertz CT molecular complexity index is 1540. The predicted molar refractivity (Wildman–Crippen MR) is 150 cm³/mol. The molecule has 0 spiro atoms. The third-order valence-corrected chi connectivity index (χ3v) is 5.82. The van der Waals surface area contributed by atoms with Crippen LogP contribution in [-0.2, 0) is 18.0 Å². The molecule has 0 aliphatic rings. The second-order valence-corrected chi connectivity index (χ2v) is 8.62. The number of nitrogens with zero attached hydrogens (tertiary/aromatic N) is 1. The average Bonchev–Trinajstić information content (AvgIpc) is 2.99. The lowest BCUT2D eigenvalue weighted by molar-refractivity contribution is -0.112. The first-order valence-corrected chi connectivity index (χ1v) is 12.3. The highest BCUT2D eigenvalue weighted by atomic mass is 16.5. The molecule has 0 heterocycles. The smallest absolute Gasteiger partial charge is 0.335 e. The van der Waals surface area contributed by atoms with Gasteiger partial charge in [-0.15, -0.1) is 0 Å². The van der Waals surface area contributed by atoms with Gasteiger partial charge in [0, 0.05) is 5.69 Å². The first-order chi connectivity index (χ1) is 19.4. The number of benzene rings is 4. The normalized spacial score (nSPS) is 10.8. The van der Waals surface area contributed by atoms with Crippen LogP contribution in [0.1, 0.15) is 27.0 Å². The number of ether oxygens (including phenoxy) is 3. The minimum absolute atomic E-state index is 0.0846. The lowest BCUT2D eigenvalue weighted by Gasteiger charge is -2.12. The number of carbonyl (C=O) groups is 2. The van der Waals surface area contributed by atoms with Crippen molar-refractivity contribution in [2.45, 2.75) is 13.2 Å². The third-order valence-electron chi connectivity index (χ3n) is 5.82. The Morgan fingerprint density at radius 2 is 1.52 bits per heavy atom. The maximum absolute atomic E-state index is 12.8. The quantitative estimate of drug-likeness (QED) is 0.176. The standard InChI is InChI=1S/C32H26N2O6/c1-38-30-18-24(9-16-29(30)40-21-23-7-10-25(11-8-23)32(36)37)17-26(19-33)31(35)34-27-12-14-28(15-13-27)39-20-22-5-3-2-4-6-22/h2-18H,20-21H2,1H3,(H,34,35)(H,36,37)/b26-17+. The van der Waals surface area contributed by atoms with Gasteiger partial charge in [0.1, 0.15) is 30.6 Å². The van der Waals surface area contributed by atoms with Crippen molar-refractivity contribution in [2.75, 3.05) is 12.4 Å². The summed E-state index contributed by atoms with van der Waals surface area (Å²) in [6.45, 7) is 0.633. The second-order valence-electron chi connectivity index (χ2n) is 8.62. The van der Waals surface area contributed by atoms with Crippen LogP contribution < -0.4 is 19.5 Å². The van der Waals surface area contributed by atoms with Crippen molar-refractivity contribution in [3.63, 3.8) is 0 Å². The van der Waals surface area contributed by atoms with Crippen molar-refractivity contribution in [1.29, 1.82) is 5.26 Å². The summed E-state index contributed by atoms with van der Waals surface area (Å²) in [7, 11) is 1.49. The Morgan fingerprint density at radius 3 is 2.17 bits per heavy atom.